The van der Waals surface area contributed by atoms with Crippen LogP contribution in [0.2, 0.25) is 0 Å². The molecule has 0 aliphatic rings. The van der Waals surface area contributed by atoms with Gasteiger partial charge in [-0.1, -0.05) is 30.3 Å². The van der Waals surface area contributed by atoms with E-state index in [0.29, 0.717) is 0 Å². The van der Waals surface area contributed by atoms with Gasteiger partial charge < -0.3 is 5.73 Å². The van der Waals surface area contributed by atoms with Gasteiger partial charge in [-0.15, -0.1) is 23.7 Å². The molecule has 3 heteroatoms. The topological polar surface area (TPSA) is 26.0 Å². The first-order valence-corrected chi connectivity index (χ1v) is 4.64. The Balaban J connectivity index is 0.000000845. The van der Waals surface area contributed by atoms with E-state index in [-0.39, 0.29) is 12.4 Å². The van der Waals surface area contributed by atoms with Crippen molar-refractivity contribution in [1.82, 2.24) is 0 Å². The molecule has 1 heterocycles. The number of rotatable bonds is 1. The molecule has 0 unspecified atom stereocenters. The summed E-state index contributed by atoms with van der Waals surface area (Å²) in [7, 11) is 0. The Bertz CT molecular complexity index is 369. The first-order valence-electron chi connectivity index (χ1n) is 3.76. The summed E-state index contributed by atoms with van der Waals surface area (Å²) in [6, 6.07) is 12.1. The van der Waals surface area contributed by atoms with E-state index in [1.54, 1.807) is 11.3 Å². The molecule has 2 N–H and O–H groups in total. The molecule has 68 valence electrons. The second-order valence-electron chi connectivity index (χ2n) is 2.57. The second-order valence-corrected chi connectivity index (χ2v) is 3.49. The zero-order valence-electron chi connectivity index (χ0n) is 6.94. The Kier molecular flexibility index (Phi) is 3.34. The van der Waals surface area contributed by atoms with Crippen LogP contribution in [0.4, 0.5) is 5.69 Å². The van der Waals surface area contributed by atoms with Crippen LogP contribution in [0.3, 0.4) is 0 Å². The van der Waals surface area contributed by atoms with E-state index in [4.69, 9.17) is 5.73 Å². The lowest BCUT2D eigenvalue weighted by molar-refractivity contribution is 1.69. The Morgan fingerprint density at radius 1 is 1.00 bits per heavy atom. The van der Waals surface area contributed by atoms with Gasteiger partial charge in [-0.3, -0.25) is 0 Å². The van der Waals surface area contributed by atoms with Crippen molar-refractivity contribution in [2.24, 2.45) is 0 Å². The molecule has 0 spiro atoms. The predicted octanol–water partition coefficient (Wildman–Crippen LogP) is 3.42. The largest absolute Gasteiger partial charge is 0.398 e. The number of hydrogen-bond donors (Lipinski definition) is 1. The molecule has 13 heavy (non-hydrogen) atoms. The summed E-state index contributed by atoms with van der Waals surface area (Å²) >= 11 is 1.68. The maximum Gasteiger partial charge on any atom is 0.0572 e. The second kappa shape index (κ2) is 4.30. The van der Waals surface area contributed by atoms with Crippen LogP contribution in [0.5, 0.6) is 0 Å². The van der Waals surface area contributed by atoms with E-state index in [9.17, 15) is 0 Å². The van der Waals surface area contributed by atoms with Crippen LogP contribution in [-0.4, -0.2) is 0 Å². The number of benzene rings is 1. The number of nitrogens with two attached hydrogens (primary N) is 1. The maximum absolute atomic E-state index is 5.78. The van der Waals surface area contributed by atoms with Gasteiger partial charge in [-0.05, 0) is 17.0 Å². The Labute approximate surface area is 87.6 Å². The molecule has 0 atom stereocenters. The summed E-state index contributed by atoms with van der Waals surface area (Å²) in [5.41, 5.74) is 7.85. The summed E-state index contributed by atoms with van der Waals surface area (Å²) in [4.78, 5) is 1.16. The van der Waals surface area contributed by atoms with Gasteiger partial charge in [-0.25, -0.2) is 0 Å². The number of nitrogen functional groups attached to an aromatic ring is 1. The van der Waals surface area contributed by atoms with Gasteiger partial charge in [0.25, 0.3) is 0 Å². The van der Waals surface area contributed by atoms with Crippen molar-refractivity contribution in [3.05, 3.63) is 41.8 Å². The highest BCUT2D eigenvalue weighted by atomic mass is 35.5. The third kappa shape index (κ3) is 2.02. The molecule has 0 fully saturated rings. The molecule has 0 radical (unpaired) electrons. The van der Waals surface area contributed by atoms with Crippen molar-refractivity contribution >= 4 is 29.4 Å². The lowest BCUT2D eigenvalue weighted by atomic mass is 10.2. The van der Waals surface area contributed by atoms with Crippen molar-refractivity contribution < 1.29 is 0 Å². The first kappa shape index (κ1) is 10.1. The molecule has 0 amide bonds. The number of anilines is 1. The minimum atomic E-state index is 0. The molecule has 2 rings (SSSR count). The lowest BCUT2D eigenvalue weighted by Gasteiger charge is -1.97. The quantitative estimate of drug-likeness (QED) is 0.769. The van der Waals surface area contributed by atoms with Crippen molar-refractivity contribution in [2.75, 3.05) is 5.73 Å². The first-order chi connectivity index (χ1) is 5.88. The highest BCUT2D eigenvalue weighted by Gasteiger charge is 2.01. The molecule has 1 nitrogen and oxygen atoms in total. The lowest BCUT2D eigenvalue weighted by Crippen LogP contribution is -1.82. The van der Waals surface area contributed by atoms with Crippen LogP contribution in [0.1, 0.15) is 0 Å². The molecule has 0 aliphatic carbocycles. The van der Waals surface area contributed by atoms with Gasteiger partial charge in [0, 0.05) is 0 Å². The van der Waals surface area contributed by atoms with Crippen LogP contribution in [0, 0.1) is 0 Å². The van der Waals surface area contributed by atoms with Gasteiger partial charge in [0.1, 0.15) is 0 Å². The molecule has 0 bridgehead atoms. The van der Waals surface area contributed by atoms with Gasteiger partial charge in [0.15, 0.2) is 0 Å². The van der Waals surface area contributed by atoms with E-state index >= 15 is 0 Å². The Hall–Kier alpha value is -0.990. The average molecular weight is 212 g/mol. The number of hydrogen-bond acceptors (Lipinski definition) is 2. The Morgan fingerprint density at radius 3 is 2.23 bits per heavy atom. The summed E-state index contributed by atoms with van der Waals surface area (Å²) in [5.74, 6) is 0. The standard InChI is InChI=1S/C10H9NS.ClH/c11-9-6-7-12-10(9)8-4-2-1-3-5-8;/h1-7H,11H2;1H. The van der Waals surface area contributed by atoms with E-state index in [0.717, 1.165) is 10.6 Å². The summed E-state index contributed by atoms with van der Waals surface area (Å²) in [6.07, 6.45) is 0. The van der Waals surface area contributed by atoms with E-state index in [1.807, 2.05) is 29.6 Å². The normalized spacial score (nSPS) is 9.23. The third-order valence-corrected chi connectivity index (χ3v) is 2.71. The van der Waals surface area contributed by atoms with Crippen molar-refractivity contribution in [1.29, 1.82) is 0 Å². The van der Waals surface area contributed by atoms with Crippen LogP contribution in [0.25, 0.3) is 10.4 Å². The summed E-state index contributed by atoms with van der Waals surface area (Å²) in [5, 5.41) is 2.01. The summed E-state index contributed by atoms with van der Waals surface area (Å²) in [6.45, 7) is 0. The van der Waals surface area contributed by atoms with Gasteiger partial charge >= 0.3 is 0 Å². The van der Waals surface area contributed by atoms with Crippen LogP contribution >= 0.6 is 23.7 Å². The van der Waals surface area contributed by atoms with E-state index in [1.165, 1.54) is 5.56 Å². The van der Waals surface area contributed by atoms with Gasteiger partial charge in [-0.2, -0.15) is 0 Å². The molecule has 2 aromatic rings. The zero-order chi connectivity index (χ0) is 8.39. The maximum atomic E-state index is 5.78. The predicted molar refractivity (Wildman–Crippen MR) is 61.4 cm³/mol. The van der Waals surface area contributed by atoms with Crippen LogP contribution in [0.15, 0.2) is 41.8 Å². The fourth-order valence-corrected chi connectivity index (χ4v) is 1.97. The van der Waals surface area contributed by atoms with Crippen molar-refractivity contribution in [2.45, 2.75) is 0 Å². The SMILES string of the molecule is Cl.Nc1ccsc1-c1ccccc1. The van der Waals surface area contributed by atoms with E-state index < -0.39 is 0 Å². The fraction of sp³-hybridized carbons (Fsp3) is 0. The molecular weight excluding hydrogens is 202 g/mol. The smallest absolute Gasteiger partial charge is 0.0572 e. The van der Waals surface area contributed by atoms with Crippen molar-refractivity contribution in [3.8, 4) is 10.4 Å². The highest BCUT2D eigenvalue weighted by Crippen LogP contribution is 2.30. The third-order valence-electron chi connectivity index (χ3n) is 1.73. The number of thiophene rings is 1. The highest BCUT2D eigenvalue weighted by molar-refractivity contribution is 7.14. The average Bonchev–Trinajstić information content (AvgIpc) is 2.53. The zero-order valence-corrected chi connectivity index (χ0v) is 8.57. The molecular formula is C10H10ClNS. The summed E-state index contributed by atoms with van der Waals surface area (Å²) < 4.78 is 0. The van der Waals surface area contributed by atoms with Gasteiger partial charge in [0.2, 0.25) is 0 Å². The molecule has 0 aliphatic heterocycles. The van der Waals surface area contributed by atoms with E-state index in [2.05, 4.69) is 12.1 Å². The van der Waals surface area contributed by atoms with Crippen molar-refractivity contribution in [3.63, 3.8) is 0 Å². The minimum Gasteiger partial charge on any atom is -0.398 e. The number of halogens is 1. The molecule has 1 aromatic carbocycles. The van der Waals surface area contributed by atoms with Crippen LogP contribution in [-0.2, 0) is 0 Å². The monoisotopic (exact) mass is 211 g/mol. The van der Waals surface area contributed by atoms with Crippen LogP contribution < -0.4 is 5.73 Å². The Morgan fingerprint density at radius 2 is 1.69 bits per heavy atom. The molecule has 0 saturated heterocycles. The van der Waals surface area contributed by atoms with Gasteiger partial charge in [0.05, 0.1) is 10.6 Å². The fourth-order valence-electron chi connectivity index (χ4n) is 1.14. The molecule has 0 saturated carbocycles. The molecule has 1 aromatic heterocycles. The minimum absolute atomic E-state index is 0.